The van der Waals surface area contributed by atoms with Crippen LogP contribution in [0.1, 0.15) is 29.4 Å². The van der Waals surface area contributed by atoms with Gasteiger partial charge < -0.3 is 10.4 Å². The quantitative estimate of drug-likeness (QED) is 0.758. The molecule has 0 spiro atoms. The van der Waals surface area contributed by atoms with Crippen LogP contribution in [0.25, 0.3) is 0 Å². The molecular formula is C12H14N2O2. The van der Waals surface area contributed by atoms with Crippen LogP contribution < -0.4 is 5.32 Å². The van der Waals surface area contributed by atoms with Crippen molar-refractivity contribution in [3.8, 4) is 12.3 Å². The van der Waals surface area contributed by atoms with E-state index in [0.717, 1.165) is 5.56 Å². The van der Waals surface area contributed by atoms with Crippen molar-refractivity contribution >= 4 is 11.8 Å². The number of nitrogens with zero attached hydrogens (tertiary/aromatic N) is 1. The van der Waals surface area contributed by atoms with E-state index in [2.05, 4.69) is 16.2 Å². The lowest BCUT2D eigenvalue weighted by molar-refractivity contribution is 0.0690. The van der Waals surface area contributed by atoms with E-state index in [4.69, 9.17) is 11.5 Å². The Bertz CT molecular complexity index is 435. The van der Waals surface area contributed by atoms with E-state index in [1.807, 2.05) is 13.8 Å². The maximum atomic E-state index is 10.8. The van der Waals surface area contributed by atoms with Crippen LogP contribution in [0, 0.1) is 19.3 Å². The molecule has 84 valence electrons. The summed E-state index contributed by atoms with van der Waals surface area (Å²) >= 11 is 0. The Morgan fingerprint density at radius 2 is 2.38 bits per heavy atom. The van der Waals surface area contributed by atoms with Crippen LogP contribution in [0.15, 0.2) is 12.1 Å². The maximum Gasteiger partial charge on any atom is 0.354 e. The van der Waals surface area contributed by atoms with Crippen LogP contribution in [0.5, 0.6) is 0 Å². The van der Waals surface area contributed by atoms with Gasteiger partial charge in [0.05, 0.1) is 0 Å². The fourth-order valence-electron chi connectivity index (χ4n) is 1.33. The first-order valence-electron chi connectivity index (χ1n) is 4.95. The average molecular weight is 218 g/mol. The molecule has 0 aromatic carbocycles. The number of hydrogen-bond donors (Lipinski definition) is 2. The summed E-state index contributed by atoms with van der Waals surface area (Å²) in [6.45, 7) is 3.75. The van der Waals surface area contributed by atoms with Gasteiger partial charge in [0, 0.05) is 12.5 Å². The number of carboxylic acid groups (broad SMARTS) is 1. The first-order chi connectivity index (χ1) is 7.52. The van der Waals surface area contributed by atoms with Gasteiger partial charge in [-0.15, -0.1) is 12.3 Å². The summed E-state index contributed by atoms with van der Waals surface area (Å²) < 4.78 is 0. The van der Waals surface area contributed by atoms with Gasteiger partial charge in [-0.3, -0.25) is 0 Å². The number of terminal acetylenes is 1. The number of nitrogens with one attached hydrogen (secondary N) is 1. The zero-order valence-electron chi connectivity index (χ0n) is 9.32. The van der Waals surface area contributed by atoms with Crippen molar-refractivity contribution in [2.45, 2.75) is 26.3 Å². The minimum Gasteiger partial charge on any atom is -0.477 e. The predicted molar refractivity (Wildman–Crippen MR) is 62.5 cm³/mol. The molecule has 0 fully saturated rings. The summed E-state index contributed by atoms with van der Waals surface area (Å²) in [5.74, 6) is 2.04. The molecule has 1 aromatic rings. The third kappa shape index (κ3) is 3.28. The lowest BCUT2D eigenvalue weighted by atomic mass is 10.2. The van der Waals surface area contributed by atoms with Gasteiger partial charge in [0.25, 0.3) is 0 Å². The first-order valence-corrected chi connectivity index (χ1v) is 4.95. The summed E-state index contributed by atoms with van der Waals surface area (Å²) in [6, 6.07) is 3.39. The first kappa shape index (κ1) is 12.1. The summed E-state index contributed by atoms with van der Waals surface area (Å²) in [5, 5.41) is 11.9. The number of pyridine rings is 1. The van der Waals surface area contributed by atoms with Crippen molar-refractivity contribution in [2.24, 2.45) is 0 Å². The van der Waals surface area contributed by atoms with Gasteiger partial charge in [-0.25, -0.2) is 9.78 Å². The third-order valence-corrected chi connectivity index (χ3v) is 2.01. The number of aromatic nitrogens is 1. The van der Waals surface area contributed by atoms with E-state index in [9.17, 15) is 4.79 Å². The zero-order chi connectivity index (χ0) is 12.1. The highest BCUT2D eigenvalue weighted by Crippen LogP contribution is 2.11. The molecule has 0 saturated carbocycles. The van der Waals surface area contributed by atoms with Crippen LogP contribution in [0.3, 0.4) is 0 Å². The van der Waals surface area contributed by atoms with Crippen molar-refractivity contribution in [3.05, 3.63) is 23.4 Å². The Labute approximate surface area is 94.7 Å². The fourth-order valence-corrected chi connectivity index (χ4v) is 1.33. The molecule has 1 rings (SSSR count). The summed E-state index contributed by atoms with van der Waals surface area (Å²) in [4.78, 5) is 14.8. The van der Waals surface area contributed by atoms with Crippen LogP contribution >= 0.6 is 0 Å². The summed E-state index contributed by atoms with van der Waals surface area (Å²) in [6.07, 6.45) is 5.75. The van der Waals surface area contributed by atoms with Gasteiger partial charge in [-0.2, -0.15) is 0 Å². The largest absolute Gasteiger partial charge is 0.477 e. The normalized spacial score (nSPS) is 11.6. The topological polar surface area (TPSA) is 62.2 Å². The Hall–Kier alpha value is -2.02. The van der Waals surface area contributed by atoms with E-state index in [0.29, 0.717) is 12.2 Å². The molecule has 4 nitrogen and oxygen atoms in total. The predicted octanol–water partition coefficient (Wildman–Crippen LogP) is 1.91. The number of aromatic carboxylic acids is 1. The molecule has 16 heavy (non-hydrogen) atoms. The van der Waals surface area contributed by atoms with E-state index in [1.54, 1.807) is 6.07 Å². The number of carbonyl (C=O) groups is 1. The highest BCUT2D eigenvalue weighted by Gasteiger charge is 2.08. The van der Waals surface area contributed by atoms with Crippen LogP contribution in [-0.2, 0) is 0 Å². The number of hydrogen-bond acceptors (Lipinski definition) is 3. The van der Waals surface area contributed by atoms with Crippen molar-refractivity contribution in [2.75, 3.05) is 5.32 Å². The SMILES string of the molecule is C#CCC(C)Nc1cc(C)cc(C(=O)O)n1. The number of carboxylic acids is 1. The van der Waals surface area contributed by atoms with Crippen LogP contribution in [-0.4, -0.2) is 22.1 Å². The second-order valence-corrected chi connectivity index (χ2v) is 3.67. The lowest BCUT2D eigenvalue weighted by Crippen LogP contribution is -2.16. The molecule has 1 aromatic heterocycles. The van der Waals surface area contributed by atoms with Crippen LogP contribution in [0.4, 0.5) is 5.82 Å². The Morgan fingerprint density at radius 1 is 1.69 bits per heavy atom. The second-order valence-electron chi connectivity index (χ2n) is 3.67. The van der Waals surface area contributed by atoms with Gasteiger partial charge in [0.15, 0.2) is 5.69 Å². The zero-order valence-corrected chi connectivity index (χ0v) is 9.32. The van der Waals surface area contributed by atoms with Crippen molar-refractivity contribution in [1.82, 2.24) is 4.98 Å². The highest BCUT2D eigenvalue weighted by atomic mass is 16.4. The van der Waals surface area contributed by atoms with Crippen molar-refractivity contribution in [1.29, 1.82) is 0 Å². The van der Waals surface area contributed by atoms with Crippen LogP contribution in [0.2, 0.25) is 0 Å². The van der Waals surface area contributed by atoms with Gasteiger partial charge >= 0.3 is 5.97 Å². The van der Waals surface area contributed by atoms with Gasteiger partial charge in [-0.1, -0.05) is 0 Å². The summed E-state index contributed by atoms with van der Waals surface area (Å²) in [7, 11) is 0. The molecule has 0 aliphatic carbocycles. The molecule has 2 N–H and O–H groups in total. The molecule has 0 bridgehead atoms. The van der Waals surface area contributed by atoms with E-state index in [-0.39, 0.29) is 11.7 Å². The monoisotopic (exact) mass is 218 g/mol. The van der Waals surface area contributed by atoms with Gasteiger partial charge in [0.2, 0.25) is 0 Å². The minimum atomic E-state index is -1.03. The van der Waals surface area contributed by atoms with Gasteiger partial charge in [-0.05, 0) is 31.5 Å². The maximum absolute atomic E-state index is 10.8. The molecule has 0 aliphatic heterocycles. The van der Waals surface area contributed by atoms with E-state index < -0.39 is 5.97 Å². The molecular weight excluding hydrogens is 204 g/mol. The van der Waals surface area contributed by atoms with Crippen molar-refractivity contribution in [3.63, 3.8) is 0 Å². The molecule has 0 saturated heterocycles. The molecule has 0 amide bonds. The second kappa shape index (κ2) is 5.17. The molecule has 1 heterocycles. The highest BCUT2D eigenvalue weighted by molar-refractivity contribution is 5.86. The van der Waals surface area contributed by atoms with E-state index >= 15 is 0 Å². The minimum absolute atomic E-state index is 0.0374. The van der Waals surface area contributed by atoms with Crippen molar-refractivity contribution < 1.29 is 9.90 Å². The number of anilines is 1. The lowest BCUT2D eigenvalue weighted by Gasteiger charge is -2.12. The molecule has 4 heteroatoms. The standard InChI is InChI=1S/C12H14N2O2/c1-4-5-9(3)13-11-7-8(2)6-10(14-11)12(15)16/h1,6-7,9H,5H2,2-3H3,(H,13,14)(H,15,16). The molecule has 1 atom stereocenters. The third-order valence-electron chi connectivity index (χ3n) is 2.01. The fraction of sp³-hybridized carbons (Fsp3) is 0.333. The Balaban J connectivity index is 2.89. The molecule has 0 aliphatic rings. The average Bonchev–Trinajstić information content (AvgIpc) is 2.16. The Morgan fingerprint density at radius 3 is 2.94 bits per heavy atom. The number of rotatable bonds is 4. The smallest absolute Gasteiger partial charge is 0.354 e. The molecule has 0 radical (unpaired) electrons. The van der Waals surface area contributed by atoms with Gasteiger partial charge in [0.1, 0.15) is 5.82 Å². The Kier molecular flexibility index (Phi) is 3.90. The molecule has 1 unspecified atom stereocenters. The number of aryl methyl sites for hydroxylation is 1. The summed E-state index contributed by atoms with van der Waals surface area (Å²) in [5.41, 5.74) is 0.887. The van der Waals surface area contributed by atoms with E-state index in [1.165, 1.54) is 6.07 Å².